The Kier molecular flexibility index (Phi) is 5.30. The lowest BCUT2D eigenvalue weighted by atomic mass is 9.82. The summed E-state index contributed by atoms with van der Waals surface area (Å²) in [6, 6.07) is 0. The smallest absolute Gasteiger partial charge is 0.307 e. The van der Waals surface area contributed by atoms with Crippen LogP contribution >= 0.6 is 0 Å². The van der Waals surface area contributed by atoms with Gasteiger partial charge in [0.2, 0.25) is 0 Å². The molecule has 0 aromatic carbocycles. The third-order valence-corrected chi connectivity index (χ3v) is 5.23. The highest BCUT2D eigenvalue weighted by Crippen LogP contribution is 2.38. The summed E-state index contributed by atoms with van der Waals surface area (Å²) in [6.45, 7) is 8.13. The van der Waals surface area contributed by atoms with E-state index in [-0.39, 0.29) is 6.42 Å². The van der Waals surface area contributed by atoms with Crippen molar-refractivity contribution < 1.29 is 14.6 Å². The number of carboxylic acid groups (broad SMARTS) is 1. The number of nitrogens with zero attached hydrogens (tertiary/aromatic N) is 4. The Morgan fingerprint density at radius 3 is 2.37 bits per heavy atom. The zero-order valence-corrected chi connectivity index (χ0v) is 16.3. The third kappa shape index (κ3) is 4.18. The van der Waals surface area contributed by atoms with Crippen molar-refractivity contribution in [1.29, 1.82) is 0 Å². The number of aliphatic carboxylic acids is 1. The SMILES string of the molecule is COc1cnc(-c2cnc(C)c(CC(=O)O)c2N2CCC(C)(C)CC2)nc1. The number of hydrogen-bond acceptors (Lipinski definition) is 6. The van der Waals surface area contributed by atoms with Crippen molar-refractivity contribution in [2.45, 2.75) is 40.0 Å². The highest BCUT2D eigenvalue weighted by atomic mass is 16.5. The van der Waals surface area contributed by atoms with E-state index in [1.54, 1.807) is 25.7 Å². The summed E-state index contributed by atoms with van der Waals surface area (Å²) in [7, 11) is 1.57. The van der Waals surface area contributed by atoms with Crippen molar-refractivity contribution in [1.82, 2.24) is 15.0 Å². The zero-order chi connectivity index (χ0) is 19.6. The lowest BCUT2D eigenvalue weighted by Gasteiger charge is -2.39. The van der Waals surface area contributed by atoms with E-state index in [2.05, 4.69) is 33.7 Å². The Morgan fingerprint density at radius 2 is 1.81 bits per heavy atom. The number of hydrogen-bond donors (Lipinski definition) is 1. The van der Waals surface area contributed by atoms with Crippen molar-refractivity contribution in [2.24, 2.45) is 5.41 Å². The number of carbonyl (C=O) groups is 1. The topological polar surface area (TPSA) is 88.4 Å². The summed E-state index contributed by atoms with van der Waals surface area (Å²) in [5.74, 6) is 0.229. The largest absolute Gasteiger partial charge is 0.494 e. The molecule has 1 saturated heterocycles. The van der Waals surface area contributed by atoms with Gasteiger partial charge in [-0.25, -0.2) is 9.97 Å². The monoisotopic (exact) mass is 370 g/mol. The van der Waals surface area contributed by atoms with Gasteiger partial charge in [-0.05, 0) is 25.2 Å². The first-order valence-corrected chi connectivity index (χ1v) is 9.12. The van der Waals surface area contributed by atoms with Crippen LogP contribution in [-0.4, -0.2) is 46.2 Å². The molecule has 2 aromatic heterocycles. The average Bonchev–Trinajstić information content (AvgIpc) is 2.63. The number of anilines is 1. The molecule has 3 heterocycles. The van der Waals surface area contributed by atoms with Crippen LogP contribution in [0.2, 0.25) is 0 Å². The Morgan fingerprint density at radius 1 is 1.19 bits per heavy atom. The van der Waals surface area contributed by atoms with Crippen molar-refractivity contribution in [3.8, 4) is 17.1 Å². The van der Waals surface area contributed by atoms with E-state index in [1.165, 1.54) is 0 Å². The van der Waals surface area contributed by atoms with Crippen LogP contribution in [0.1, 0.15) is 37.9 Å². The van der Waals surface area contributed by atoms with Crippen molar-refractivity contribution in [3.05, 3.63) is 29.8 Å². The Labute approximate surface area is 159 Å². The number of ether oxygens (including phenoxy) is 1. The molecular formula is C20H26N4O3. The molecule has 0 aliphatic carbocycles. The van der Waals surface area contributed by atoms with Gasteiger partial charge < -0.3 is 14.7 Å². The number of aromatic nitrogens is 3. The quantitative estimate of drug-likeness (QED) is 0.865. The second-order valence-corrected chi connectivity index (χ2v) is 7.75. The van der Waals surface area contributed by atoms with Crippen LogP contribution in [0.3, 0.4) is 0 Å². The van der Waals surface area contributed by atoms with Gasteiger partial charge in [-0.1, -0.05) is 13.8 Å². The van der Waals surface area contributed by atoms with Gasteiger partial charge in [0.1, 0.15) is 0 Å². The van der Waals surface area contributed by atoms with E-state index in [0.717, 1.165) is 48.4 Å². The summed E-state index contributed by atoms with van der Waals surface area (Å²) < 4.78 is 5.14. The highest BCUT2D eigenvalue weighted by molar-refractivity contribution is 5.82. The molecule has 3 rings (SSSR count). The number of methoxy groups -OCH3 is 1. The van der Waals surface area contributed by atoms with Crippen LogP contribution in [0.4, 0.5) is 5.69 Å². The molecule has 0 atom stereocenters. The van der Waals surface area contributed by atoms with Gasteiger partial charge in [-0.2, -0.15) is 0 Å². The minimum atomic E-state index is -0.869. The molecule has 0 amide bonds. The molecular weight excluding hydrogens is 344 g/mol. The zero-order valence-electron chi connectivity index (χ0n) is 16.3. The number of pyridine rings is 1. The van der Waals surface area contributed by atoms with Crippen LogP contribution < -0.4 is 9.64 Å². The molecule has 1 fully saturated rings. The first-order chi connectivity index (χ1) is 12.8. The van der Waals surface area contributed by atoms with Crippen LogP contribution in [0.5, 0.6) is 5.75 Å². The van der Waals surface area contributed by atoms with Crippen molar-refractivity contribution in [2.75, 3.05) is 25.1 Å². The minimum absolute atomic E-state index is 0.0714. The second kappa shape index (κ2) is 7.50. The summed E-state index contributed by atoms with van der Waals surface area (Å²) in [5.41, 5.74) is 3.42. The number of aryl methyl sites for hydroxylation is 1. The first-order valence-electron chi connectivity index (χ1n) is 9.12. The second-order valence-electron chi connectivity index (χ2n) is 7.75. The summed E-state index contributed by atoms with van der Waals surface area (Å²) >= 11 is 0. The molecule has 7 nitrogen and oxygen atoms in total. The molecule has 1 aliphatic heterocycles. The van der Waals surface area contributed by atoms with Crippen LogP contribution in [0.15, 0.2) is 18.6 Å². The summed E-state index contributed by atoms with van der Waals surface area (Å²) in [6.07, 6.45) is 6.99. The maximum atomic E-state index is 11.5. The van der Waals surface area contributed by atoms with E-state index in [0.29, 0.717) is 17.0 Å². The molecule has 0 saturated carbocycles. The van der Waals surface area contributed by atoms with Gasteiger partial charge in [0, 0.05) is 30.5 Å². The first kappa shape index (κ1) is 19.1. The molecule has 1 aliphatic rings. The predicted octanol–water partition coefficient (Wildman–Crippen LogP) is 3.11. The minimum Gasteiger partial charge on any atom is -0.494 e. The maximum Gasteiger partial charge on any atom is 0.307 e. The lowest BCUT2D eigenvalue weighted by Crippen LogP contribution is -2.38. The summed E-state index contributed by atoms with van der Waals surface area (Å²) in [5, 5.41) is 9.43. The maximum absolute atomic E-state index is 11.5. The predicted molar refractivity (Wildman–Crippen MR) is 103 cm³/mol. The Hall–Kier alpha value is -2.70. The van der Waals surface area contributed by atoms with Gasteiger partial charge in [-0.3, -0.25) is 9.78 Å². The van der Waals surface area contributed by atoms with Gasteiger partial charge in [-0.15, -0.1) is 0 Å². The molecule has 7 heteroatoms. The van der Waals surface area contributed by atoms with Gasteiger partial charge in [0.15, 0.2) is 11.6 Å². The van der Waals surface area contributed by atoms with E-state index in [4.69, 9.17) is 4.74 Å². The molecule has 0 bridgehead atoms. The van der Waals surface area contributed by atoms with Gasteiger partial charge >= 0.3 is 5.97 Å². The molecule has 0 radical (unpaired) electrons. The number of carboxylic acids is 1. The average molecular weight is 370 g/mol. The fourth-order valence-electron chi connectivity index (χ4n) is 3.42. The Balaban J connectivity index is 2.10. The van der Waals surface area contributed by atoms with Crippen LogP contribution in [-0.2, 0) is 11.2 Å². The van der Waals surface area contributed by atoms with Gasteiger partial charge in [0.05, 0.1) is 37.2 Å². The normalized spacial score (nSPS) is 16.2. The third-order valence-electron chi connectivity index (χ3n) is 5.23. The van der Waals surface area contributed by atoms with Crippen molar-refractivity contribution >= 4 is 11.7 Å². The summed E-state index contributed by atoms with van der Waals surface area (Å²) in [4.78, 5) is 27.0. The highest BCUT2D eigenvalue weighted by Gasteiger charge is 2.29. The van der Waals surface area contributed by atoms with Crippen LogP contribution in [0, 0.1) is 12.3 Å². The standard InChI is InChI=1S/C20H26N4O3/c1-13-15(9-17(25)26)18(24-7-5-20(2,3)6-8-24)16(12-21-13)19-22-10-14(27-4)11-23-19/h10-12H,5-9H2,1-4H3,(H,25,26). The molecule has 2 aromatic rings. The van der Waals surface area contributed by atoms with E-state index < -0.39 is 5.97 Å². The van der Waals surface area contributed by atoms with E-state index in [1.807, 2.05) is 6.92 Å². The molecule has 1 N–H and O–H groups in total. The molecule has 144 valence electrons. The fraction of sp³-hybridized carbons (Fsp3) is 0.500. The molecule has 0 spiro atoms. The fourth-order valence-corrected chi connectivity index (χ4v) is 3.42. The Bertz CT molecular complexity index is 824. The molecule has 0 unspecified atom stereocenters. The number of rotatable bonds is 5. The number of piperidine rings is 1. The lowest BCUT2D eigenvalue weighted by molar-refractivity contribution is -0.136. The van der Waals surface area contributed by atoms with Gasteiger partial charge in [0.25, 0.3) is 0 Å². The van der Waals surface area contributed by atoms with Crippen molar-refractivity contribution in [3.63, 3.8) is 0 Å². The van der Waals surface area contributed by atoms with Crippen LogP contribution in [0.25, 0.3) is 11.4 Å². The van der Waals surface area contributed by atoms with E-state index >= 15 is 0 Å². The molecule has 27 heavy (non-hydrogen) atoms. The van der Waals surface area contributed by atoms with E-state index in [9.17, 15) is 9.90 Å².